The number of aryl methyl sites for hydroxylation is 1. The number of aromatic nitrogens is 1. The van der Waals surface area contributed by atoms with Crippen LogP contribution in [0.1, 0.15) is 22.2 Å². The molecule has 0 bridgehead atoms. The highest BCUT2D eigenvalue weighted by molar-refractivity contribution is 7.21. The number of carbonyl (C=O) groups is 1. The zero-order valence-electron chi connectivity index (χ0n) is 16.4. The van der Waals surface area contributed by atoms with Gasteiger partial charge in [-0.15, -0.1) is 11.3 Å². The Labute approximate surface area is 176 Å². The molecule has 5 nitrogen and oxygen atoms in total. The third kappa shape index (κ3) is 3.59. The number of pyridine rings is 1. The summed E-state index contributed by atoms with van der Waals surface area (Å²) < 4.78 is 20.5. The SMILES string of the molecule is CCOC(=O)c1sc2c(ccc(=O)n2-c2ccccc2)c1Nc1ccc(F)c(C)c1. The normalized spacial score (nSPS) is 10.9. The minimum absolute atomic E-state index is 0.200. The van der Waals surface area contributed by atoms with Gasteiger partial charge in [0.1, 0.15) is 15.5 Å². The number of esters is 1. The number of benzene rings is 2. The molecule has 152 valence electrons. The van der Waals surface area contributed by atoms with E-state index in [1.54, 1.807) is 36.6 Å². The number of anilines is 2. The molecule has 2 aromatic carbocycles. The van der Waals surface area contributed by atoms with Crippen LogP contribution in [0.3, 0.4) is 0 Å². The number of hydrogen-bond acceptors (Lipinski definition) is 5. The van der Waals surface area contributed by atoms with Crippen molar-refractivity contribution in [1.29, 1.82) is 0 Å². The van der Waals surface area contributed by atoms with Gasteiger partial charge in [-0.05, 0) is 55.8 Å². The van der Waals surface area contributed by atoms with Crippen LogP contribution >= 0.6 is 11.3 Å². The second-order valence-electron chi connectivity index (χ2n) is 6.68. The molecule has 0 aliphatic rings. The lowest BCUT2D eigenvalue weighted by Gasteiger charge is -2.10. The smallest absolute Gasteiger partial charge is 0.350 e. The van der Waals surface area contributed by atoms with E-state index in [-0.39, 0.29) is 18.0 Å². The fourth-order valence-corrected chi connectivity index (χ4v) is 4.40. The maximum absolute atomic E-state index is 13.7. The van der Waals surface area contributed by atoms with Crippen LogP contribution in [0.15, 0.2) is 65.5 Å². The van der Waals surface area contributed by atoms with Crippen LogP contribution in [0.4, 0.5) is 15.8 Å². The predicted molar refractivity (Wildman–Crippen MR) is 118 cm³/mol. The van der Waals surface area contributed by atoms with Gasteiger partial charge in [0.25, 0.3) is 5.56 Å². The molecule has 2 heterocycles. The molecule has 0 unspecified atom stereocenters. The second kappa shape index (κ2) is 8.12. The molecule has 0 spiro atoms. The van der Waals surface area contributed by atoms with E-state index < -0.39 is 5.97 Å². The molecule has 4 rings (SSSR count). The van der Waals surface area contributed by atoms with Crippen molar-refractivity contribution in [2.24, 2.45) is 0 Å². The summed E-state index contributed by atoms with van der Waals surface area (Å²) in [4.78, 5) is 26.3. The van der Waals surface area contributed by atoms with Crippen molar-refractivity contribution in [1.82, 2.24) is 4.57 Å². The highest BCUT2D eigenvalue weighted by atomic mass is 32.1. The molecule has 1 N–H and O–H groups in total. The largest absolute Gasteiger partial charge is 0.462 e. The van der Waals surface area contributed by atoms with Gasteiger partial charge in [-0.1, -0.05) is 18.2 Å². The standard InChI is InChI=1S/C23H19FN2O3S/c1-3-29-23(28)21-20(25-15-9-11-18(24)14(2)13-15)17-10-12-19(27)26(22(17)30-21)16-7-5-4-6-8-16/h4-13,25H,3H2,1-2H3. The summed E-state index contributed by atoms with van der Waals surface area (Å²) in [5.74, 6) is -0.786. The first-order valence-corrected chi connectivity index (χ1v) is 10.3. The van der Waals surface area contributed by atoms with E-state index >= 15 is 0 Å². The van der Waals surface area contributed by atoms with E-state index in [4.69, 9.17) is 4.74 Å². The number of nitrogens with zero attached hydrogens (tertiary/aromatic N) is 1. The number of carbonyl (C=O) groups excluding carboxylic acids is 1. The van der Waals surface area contributed by atoms with Crippen molar-refractivity contribution >= 4 is 38.9 Å². The Balaban J connectivity index is 1.95. The third-order valence-electron chi connectivity index (χ3n) is 4.64. The van der Waals surface area contributed by atoms with Gasteiger partial charge in [-0.3, -0.25) is 9.36 Å². The van der Waals surface area contributed by atoms with Crippen molar-refractivity contribution < 1.29 is 13.9 Å². The van der Waals surface area contributed by atoms with E-state index in [1.165, 1.54) is 23.5 Å². The van der Waals surface area contributed by atoms with Crippen molar-refractivity contribution in [3.8, 4) is 5.69 Å². The molecule has 0 saturated heterocycles. The number of fused-ring (bicyclic) bond motifs is 1. The highest BCUT2D eigenvalue weighted by Gasteiger charge is 2.22. The average molecular weight is 422 g/mol. The van der Waals surface area contributed by atoms with Gasteiger partial charge < -0.3 is 10.1 Å². The molecule has 30 heavy (non-hydrogen) atoms. The van der Waals surface area contributed by atoms with Crippen LogP contribution in [0.2, 0.25) is 0 Å². The summed E-state index contributed by atoms with van der Waals surface area (Å²) in [6.45, 7) is 3.64. The van der Waals surface area contributed by atoms with E-state index in [0.29, 0.717) is 37.7 Å². The molecule has 0 aliphatic heterocycles. The molecule has 0 radical (unpaired) electrons. The van der Waals surface area contributed by atoms with Gasteiger partial charge in [0.05, 0.1) is 18.0 Å². The Bertz CT molecular complexity index is 1300. The fourth-order valence-electron chi connectivity index (χ4n) is 3.23. The van der Waals surface area contributed by atoms with Crippen molar-refractivity contribution in [3.63, 3.8) is 0 Å². The highest BCUT2D eigenvalue weighted by Crippen LogP contribution is 2.38. The van der Waals surface area contributed by atoms with Crippen molar-refractivity contribution in [2.45, 2.75) is 13.8 Å². The molecule has 0 atom stereocenters. The lowest BCUT2D eigenvalue weighted by atomic mass is 10.2. The van der Waals surface area contributed by atoms with Crippen LogP contribution in [0.25, 0.3) is 15.9 Å². The zero-order chi connectivity index (χ0) is 21.3. The van der Waals surface area contributed by atoms with Gasteiger partial charge in [0.15, 0.2) is 0 Å². The maximum Gasteiger partial charge on any atom is 0.350 e. The molecule has 4 aromatic rings. The van der Waals surface area contributed by atoms with Crippen molar-refractivity contribution in [2.75, 3.05) is 11.9 Å². The van der Waals surface area contributed by atoms with E-state index in [2.05, 4.69) is 5.32 Å². The fraction of sp³-hybridized carbons (Fsp3) is 0.130. The number of ether oxygens (including phenoxy) is 1. The van der Waals surface area contributed by atoms with Crippen molar-refractivity contribution in [3.05, 3.63) is 87.3 Å². The quantitative estimate of drug-likeness (QED) is 0.436. The maximum atomic E-state index is 13.7. The molecular formula is C23H19FN2O3S. The summed E-state index contributed by atoms with van der Waals surface area (Å²) in [7, 11) is 0. The first-order chi connectivity index (χ1) is 14.5. The molecule has 0 saturated carbocycles. The number of halogens is 1. The van der Waals surface area contributed by atoms with Gasteiger partial charge in [-0.25, -0.2) is 9.18 Å². The Kier molecular flexibility index (Phi) is 5.37. The van der Waals surface area contributed by atoms with E-state index in [9.17, 15) is 14.0 Å². The molecule has 0 amide bonds. The Hall–Kier alpha value is -3.45. The summed E-state index contributed by atoms with van der Waals surface area (Å²) in [5.41, 5.74) is 2.16. The van der Waals surface area contributed by atoms with Crippen LogP contribution in [0.5, 0.6) is 0 Å². The van der Waals surface area contributed by atoms with Gasteiger partial charge in [0.2, 0.25) is 0 Å². The van der Waals surface area contributed by atoms with Crippen LogP contribution < -0.4 is 10.9 Å². The minimum atomic E-state index is -0.480. The predicted octanol–water partition coefficient (Wildman–Crippen LogP) is 5.42. The lowest BCUT2D eigenvalue weighted by Crippen LogP contribution is -2.16. The average Bonchev–Trinajstić information content (AvgIpc) is 3.10. The van der Waals surface area contributed by atoms with Crippen LogP contribution in [-0.2, 0) is 4.74 Å². The number of hydrogen-bond donors (Lipinski definition) is 1. The molecule has 0 fully saturated rings. The third-order valence-corrected chi connectivity index (χ3v) is 5.81. The first kappa shape index (κ1) is 19.8. The summed E-state index contributed by atoms with van der Waals surface area (Å²) >= 11 is 1.19. The summed E-state index contributed by atoms with van der Waals surface area (Å²) in [6.07, 6.45) is 0. The summed E-state index contributed by atoms with van der Waals surface area (Å²) in [5, 5.41) is 3.93. The second-order valence-corrected chi connectivity index (χ2v) is 7.68. The number of rotatable bonds is 5. The number of para-hydroxylation sites is 1. The zero-order valence-corrected chi connectivity index (χ0v) is 17.3. The van der Waals surface area contributed by atoms with Crippen LogP contribution in [-0.4, -0.2) is 17.1 Å². The van der Waals surface area contributed by atoms with Gasteiger partial charge in [-0.2, -0.15) is 0 Å². The summed E-state index contributed by atoms with van der Waals surface area (Å²) in [6, 6.07) is 17.0. The Morgan fingerprint density at radius 2 is 1.90 bits per heavy atom. The Morgan fingerprint density at radius 3 is 2.60 bits per heavy atom. The molecule has 2 aromatic heterocycles. The Morgan fingerprint density at radius 1 is 1.13 bits per heavy atom. The van der Waals surface area contributed by atoms with E-state index in [1.807, 2.05) is 30.3 Å². The van der Waals surface area contributed by atoms with Crippen LogP contribution in [0, 0.1) is 12.7 Å². The van der Waals surface area contributed by atoms with Gasteiger partial charge in [0, 0.05) is 17.1 Å². The minimum Gasteiger partial charge on any atom is -0.462 e. The topological polar surface area (TPSA) is 60.3 Å². The molecule has 7 heteroatoms. The van der Waals surface area contributed by atoms with Gasteiger partial charge >= 0.3 is 5.97 Å². The lowest BCUT2D eigenvalue weighted by molar-refractivity contribution is 0.0533. The monoisotopic (exact) mass is 422 g/mol. The number of thiophene rings is 1. The molecule has 0 aliphatic carbocycles. The molecular weight excluding hydrogens is 403 g/mol. The van der Waals surface area contributed by atoms with E-state index in [0.717, 1.165) is 0 Å². The first-order valence-electron chi connectivity index (χ1n) is 9.44. The number of nitrogens with one attached hydrogen (secondary N) is 1.